The lowest BCUT2D eigenvalue weighted by Gasteiger charge is -2.25. The first-order chi connectivity index (χ1) is 11.7. The normalized spacial score (nSPS) is 11.4. The minimum absolute atomic E-state index is 0.0492. The van der Waals surface area contributed by atoms with Crippen molar-refractivity contribution in [3.8, 4) is 11.8 Å². The SMILES string of the molecule is CC(C)(C)OC(=O)N(/C=C(/C#N)C(=O)Nc1ccc(O)cc1)CCN. The van der Waals surface area contributed by atoms with Crippen molar-refractivity contribution >= 4 is 17.7 Å². The molecule has 8 heteroatoms. The summed E-state index contributed by atoms with van der Waals surface area (Å²) < 4.78 is 5.23. The molecule has 0 unspecified atom stereocenters. The van der Waals surface area contributed by atoms with E-state index in [1.54, 1.807) is 26.8 Å². The van der Waals surface area contributed by atoms with Gasteiger partial charge in [0.2, 0.25) is 0 Å². The average Bonchev–Trinajstić information content (AvgIpc) is 2.51. The van der Waals surface area contributed by atoms with E-state index < -0.39 is 17.6 Å². The van der Waals surface area contributed by atoms with Gasteiger partial charge in [-0.3, -0.25) is 9.69 Å². The van der Waals surface area contributed by atoms with Crippen LogP contribution < -0.4 is 11.1 Å². The number of nitrogens with two attached hydrogens (primary N) is 1. The highest BCUT2D eigenvalue weighted by molar-refractivity contribution is 6.06. The molecule has 0 heterocycles. The number of carbonyl (C=O) groups excluding carboxylic acids is 2. The van der Waals surface area contributed by atoms with E-state index in [2.05, 4.69) is 5.32 Å². The topological polar surface area (TPSA) is 129 Å². The Kier molecular flexibility index (Phi) is 6.96. The molecule has 25 heavy (non-hydrogen) atoms. The third-order valence-corrected chi connectivity index (χ3v) is 2.77. The van der Waals surface area contributed by atoms with E-state index in [0.717, 1.165) is 11.1 Å². The van der Waals surface area contributed by atoms with Crippen LogP contribution in [0, 0.1) is 11.3 Å². The van der Waals surface area contributed by atoms with Crippen molar-refractivity contribution in [2.75, 3.05) is 18.4 Å². The maximum Gasteiger partial charge on any atom is 0.414 e. The van der Waals surface area contributed by atoms with Crippen LogP contribution in [-0.4, -0.2) is 40.7 Å². The lowest BCUT2D eigenvalue weighted by Crippen LogP contribution is -2.37. The molecule has 134 valence electrons. The van der Waals surface area contributed by atoms with Gasteiger partial charge < -0.3 is 20.9 Å². The number of phenolic OH excluding ortho intramolecular Hbond substituents is 1. The summed E-state index contributed by atoms with van der Waals surface area (Å²) in [6.07, 6.45) is 0.402. The Hall–Kier alpha value is -3.05. The lowest BCUT2D eigenvalue weighted by molar-refractivity contribution is -0.112. The van der Waals surface area contributed by atoms with Gasteiger partial charge in [-0.25, -0.2) is 4.79 Å². The number of nitrogens with one attached hydrogen (secondary N) is 1. The summed E-state index contributed by atoms with van der Waals surface area (Å²) in [4.78, 5) is 25.4. The highest BCUT2D eigenvalue weighted by atomic mass is 16.6. The molecular formula is C17H22N4O4. The van der Waals surface area contributed by atoms with Gasteiger partial charge in [0.05, 0.1) is 0 Å². The molecule has 4 N–H and O–H groups in total. The minimum atomic E-state index is -0.723. The maximum absolute atomic E-state index is 12.2. The van der Waals surface area contributed by atoms with Crippen LogP contribution in [0.2, 0.25) is 0 Å². The number of carbonyl (C=O) groups is 2. The van der Waals surface area contributed by atoms with Gasteiger partial charge in [-0.15, -0.1) is 0 Å². The first-order valence-corrected chi connectivity index (χ1v) is 7.58. The van der Waals surface area contributed by atoms with Crippen LogP contribution in [0.25, 0.3) is 0 Å². The highest BCUT2D eigenvalue weighted by Crippen LogP contribution is 2.15. The fraction of sp³-hybridized carbons (Fsp3) is 0.353. The molecule has 0 bridgehead atoms. The van der Waals surface area contributed by atoms with Crippen molar-refractivity contribution in [2.45, 2.75) is 26.4 Å². The van der Waals surface area contributed by atoms with Gasteiger partial charge in [-0.2, -0.15) is 5.26 Å². The Morgan fingerprint density at radius 2 is 1.96 bits per heavy atom. The van der Waals surface area contributed by atoms with Crippen molar-refractivity contribution in [1.82, 2.24) is 4.90 Å². The number of nitriles is 1. The van der Waals surface area contributed by atoms with Crippen molar-refractivity contribution < 1.29 is 19.4 Å². The second-order valence-electron chi connectivity index (χ2n) is 6.12. The molecule has 0 aliphatic carbocycles. The summed E-state index contributed by atoms with van der Waals surface area (Å²) >= 11 is 0. The zero-order valence-corrected chi connectivity index (χ0v) is 14.4. The van der Waals surface area contributed by atoms with Gasteiger partial charge in [0.25, 0.3) is 5.91 Å². The smallest absolute Gasteiger partial charge is 0.414 e. The highest BCUT2D eigenvalue weighted by Gasteiger charge is 2.22. The molecule has 0 aliphatic rings. The fourth-order valence-corrected chi connectivity index (χ4v) is 1.71. The average molecular weight is 346 g/mol. The molecule has 8 nitrogen and oxygen atoms in total. The van der Waals surface area contributed by atoms with Crippen LogP contribution in [0.3, 0.4) is 0 Å². The molecule has 0 aromatic heterocycles. The monoisotopic (exact) mass is 346 g/mol. The van der Waals surface area contributed by atoms with Crippen LogP contribution in [-0.2, 0) is 9.53 Å². The van der Waals surface area contributed by atoms with E-state index in [9.17, 15) is 20.0 Å². The Balaban J connectivity index is 2.95. The van der Waals surface area contributed by atoms with E-state index >= 15 is 0 Å². The predicted molar refractivity (Wildman–Crippen MR) is 92.4 cm³/mol. The van der Waals surface area contributed by atoms with Crippen molar-refractivity contribution in [1.29, 1.82) is 5.26 Å². The molecule has 2 amide bonds. The lowest BCUT2D eigenvalue weighted by atomic mass is 10.2. The van der Waals surface area contributed by atoms with Crippen LogP contribution in [0.5, 0.6) is 5.75 Å². The fourth-order valence-electron chi connectivity index (χ4n) is 1.71. The van der Waals surface area contributed by atoms with Crippen molar-refractivity contribution in [2.24, 2.45) is 5.73 Å². The van der Waals surface area contributed by atoms with Crippen LogP contribution in [0.1, 0.15) is 20.8 Å². The number of ether oxygens (including phenoxy) is 1. The zero-order chi connectivity index (χ0) is 19.0. The molecule has 1 rings (SSSR count). The number of benzene rings is 1. The molecule has 1 aromatic rings. The number of aromatic hydroxyl groups is 1. The van der Waals surface area contributed by atoms with Gasteiger partial charge in [-0.05, 0) is 45.0 Å². The Morgan fingerprint density at radius 3 is 2.44 bits per heavy atom. The number of hydrogen-bond donors (Lipinski definition) is 3. The predicted octanol–water partition coefficient (Wildman–Crippen LogP) is 1.93. The van der Waals surface area contributed by atoms with Gasteiger partial charge in [0.1, 0.15) is 23.0 Å². The van der Waals surface area contributed by atoms with Gasteiger partial charge in [0, 0.05) is 25.0 Å². The van der Waals surface area contributed by atoms with Gasteiger partial charge >= 0.3 is 6.09 Å². The van der Waals surface area contributed by atoms with E-state index in [1.807, 2.05) is 0 Å². The Bertz CT molecular complexity index is 684. The number of rotatable bonds is 5. The summed E-state index contributed by atoms with van der Waals surface area (Å²) in [5, 5.41) is 21.0. The number of hydrogen-bond acceptors (Lipinski definition) is 6. The summed E-state index contributed by atoms with van der Waals surface area (Å²) in [5.41, 5.74) is 4.86. The molecular weight excluding hydrogens is 324 g/mol. The van der Waals surface area contributed by atoms with Crippen LogP contribution in [0.15, 0.2) is 36.0 Å². The van der Waals surface area contributed by atoms with E-state index in [4.69, 9.17) is 10.5 Å². The van der Waals surface area contributed by atoms with Crippen LogP contribution in [0.4, 0.5) is 10.5 Å². The summed E-state index contributed by atoms with van der Waals surface area (Å²) in [6, 6.07) is 7.50. The van der Waals surface area contributed by atoms with Gasteiger partial charge in [-0.1, -0.05) is 0 Å². The van der Waals surface area contributed by atoms with Crippen molar-refractivity contribution in [3.05, 3.63) is 36.0 Å². The second kappa shape index (κ2) is 8.70. The summed E-state index contributed by atoms with van der Waals surface area (Å²) in [6.45, 7) is 5.34. The minimum Gasteiger partial charge on any atom is -0.508 e. The maximum atomic E-state index is 12.2. The molecule has 0 saturated heterocycles. The Labute approximate surface area is 146 Å². The molecule has 0 saturated carbocycles. The molecule has 0 spiro atoms. The van der Waals surface area contributed by atoms with Gasteiger partial charge in [0.15, 0.2) is 0 Å². The van der Waals surface area contributed by atoms with Crippen molar-refractivity contribution in [3.63, 3.8) is 0 Å². The largest absolute Gasteiger partial charge is 0.508 e. The van der Waals surface area contributed by atoms with Crippen LogP contribution >= 0.6 is 0 Å². The van der Waals surface area contributed by atoms with E-state index in [-0.39, 0.29) is 24.4 Å². The molecule has 0 aliphatic heterocycles. The molecule has 0 fully saturated rings. The second-order valence-corrected chi connectivity index (χ2v) is 6.12. The Morgan fingerprint density at radius 1 is 1.36 bits per heavy atom. The molecule has 0 radical (unpaired) electrons. The third kappa shape index (κ3) is 6.93. The zero-order valence-electron chi connectivity index (χ0n) is 14.4. The first kappa shape index (κ1) is 20.0. The number of nitrogens with zero attached hydrogens (tertiary/aromatic N) is 2. The molecule has 1 aromatic carbocycles. The molecule has 0 atom stereocenters. The first-order valence-electron chi connectivity index (χ1n) is 7.58. The standard InChI is InChI=1S/C17H22N4O4/c1-17(2,3)25-16(24)21(9-8-18)11-12(10-19)15(23)20-13-4-6-14(22)7-5-13/h4-7,11,22H,8-9,18H2,1-3H3,(H,20,23)/b12-11-. The van der Waals surface area contributed by atoms with E-state index in [1.165, 1.54) is 24.3 Å². The quantitative estimate of drug-likeness (QED) is 0.424. The number of amides is 2. The number of phenols is 1. The summed E-state index contributed by atoms with van der Waals surface area (Å²) in [5.74, 6) is -0.646. The summed E-state index contributed by atoms with van der Waals surface area (Å²) in [7, 11) is 0. The third-order valence-electron chi connectivity index (χ3n) is 2.77. The van der Waals surface area contributed by atoms with E-state index in [0.29, 0.717) is 5.69 Å². The number of anilines is 1.